The van der Waals surface area contributed by atoms with Gasteiger partial charge in [0.1, 0.15) is 0 Å². The van der Waals surface area contributed by atoms with Gasteiger partial charge in [-0.05, 0) is 49.2 Å². The van der Waals surface area contributed by atoms with Crippen LogP contribution in [0.15, 0.2) is 52.1 Å². The lowest BCUT2D eigenvalue weighted by Crippen LogP contribution is -2.36. The molecule has 0 aliphatic carbocycles. The Morgan fingerprint density at radius 2 is 1.87 bits per heavy atom. The SMILES string of the molecule is CCn1c(=O)c(=O)[nH]c2cc(C(=O)NCc3ccc(N4CCCC4=O)cc3)ccc21. The lowest BCUT2D eigenvalue weighted by Gasteiger charge is -2.16. The summed E-state index contributed by atoms with van der Waals surface area (Å²) >= 11 is 0. The molecule has 30 heavy (non-hydrogen) atoms. The number of hydrogen-bond donors (Lipinski definition) is 2. The highest BCUT2D eigenvalue weighted by molar-refractivity contribution is 5.97. The van der Waals surface area contributed by atoms with Crippen molar-refractivity contribution in [2.45, 2.75) is 32.9 Å². The van der Waals surface area contributed by atoms with Crippen molar-refractivity contribution in [3.05, 3.63) is 74.3 Å². The van der Waals surface area contributed by atoms with E-state index in [-0.39, 0.29) is 11.8 Å². The van der Waals surface area contributed by atoms with Crippen LogP contribution in [0.5, 0.6) is 0 Å². The fourth-order valence-corrected chi connectivity index (χ4v) is 3.73. The van der Waals surface area contributed by atoms with E-state index in [1.165, 1.54) is 4.57 Å². The summed E-state index contributed by atoms with van der Waals surface area (Å²) in [4.78, 5) is 52.5. The molecule has 1 aliphatic rings. The third-order valence-electron chi connectivity index (χ3n) is 5.33. The summed E-state index contributed by atoms with van der Waals surface area (Å²) in [6, 6.07) is 12.4. The van der Waals surface area contributed by atoms with E-state index in [9.17, 15) is 19.2 Å². The Morgan fingerprint density at radius 3 is 2.53 bits per heavy atom. The van der Waals surface area contributed by atoms with E-state index in [1.54, 1.807) is 30.0 Å². The topological polar surface area (TPSA) is 104 Å². The third kappa shape index (κ3) is 3.63. The van der Waals surface area contributed by atoms with Crippen molar-refractivity contribution in [2.24, 2.45) is 0 Å². The largest absolute Gasteiger partial charge is 0.348 e. The fourth-order valence-electron chi connectivity index (χ4n) is 3.73. The highest BCUT2D eigenvalue weighted by Crippen LogP contribution is 2.21. The van der Waals surface area contributed by atoms with Crippen LogP contribution in [0.1, 0.15) is 35.7 Å². The van der Waals surface area contributed by atoms with Gasteiger partial charge < -0.3 is 19.8 Å². The predicted molar refractivity (Wildman–Crippen MR) is 114 cm³/mol. The number of anilines is 1. The van der Waals surface area contributed by atoms with Crippen LogP contribution in [0.4, 0.5) is 5.69 Å². The first kappa shape index (κ1) is 19.6. The molecule has 0 radical (unpaired) electrons. The number of H-pyrrole nitrogens is 1. The van der Waals surface area contributed by atoms with Gasteiger partial charge in [-0.2, -0.15) is 0 Å². The van der Waals surface area contributed by atoms with E-state index in [4.69, 9.17) is 0 Å². The maximum atomic E-state index is 12.6. The number of aromatic nitrogens is 2. The van der Waals surface area contributed by atoms with Gasteiger partial charge in [0.15, 0.2) is 0 Å². The zero-order chi connectivity index (χ0) is 21.3. The number of nitrogens with zero attached hydrogens (tertiary/aromatic N) is 2. The first-order chi connectivity index (χ1) is 14.5. The normalized spacial score (nSPS) is 13.8. The van der Waals surface area contributed by atoms with E-state index >= 15 is 0 Å². The molecule has 3 aromatic rings. The monoisotopic (exact) mass is 406 g/mol. The highest BCUT2D eigenvalue weighted by Gasteiger charge is 2.21. The van der Waals surface area contributed by atoms with Crippen molar-refractivity contribution in [3.8, 4) is 0 Å². The Hall–Kier alpha value is -3.68. The molecule has 8 nitrogen and oxygen atoms in total. The van der Waals surface area contributed by atoms with Gasteiger partial charge in [-0.25, -0.2) is 0 Å². The van der Waals surface area contributed by atoms with Crippen LogP contribution in [-0.2, 0) is 17.9 Å². The molecule has 2 aromatic carbocycles. The molecule has 0 spiro atoms. The van der Waals surface area contributed by atoms with E-state index in [0.29, 0.717) is 36.1 Å². The summed E-state index contributed by atoms with van der Waals surface area (Å²) in [5.41, 5.74) is 1.86. The van der Waals surface area contributed by atoms with Crippen LogP contribution in [0, 0.1) is 0 Å². The average Bonchev–Trinajstić information content (AvgIpc) is 3.19. The van der Waals surface area contributed by atoms with Crippen molar-refractivity contribution in [2.75, 3.05) is 11.4 Å². The molecule has 4 rings (SSSR count). The molecule has 2 heterocycles. The molecule has 1 aliphatic heterocycles. The van der Waals surface area contributed by atoms with Crippen molar-refractivity contribution in [1.82, 2.24) is 14.9 Å². The van der Waals surface area contributed by atoms with Gasteiger partial charge in [0.2, 0.25) is 5.91 Å². The third-order valence-corrected chi connectivity index (χ3v) is 5.33. The summed E-state index contributed by atoms with van der Waals surface area (Å²) in [7, 11) is 0. The smallest absolute Gasteiger partial charge is 0.316 e. The maximum absolute atomic E-state index is 12.6. The first-order valence-electron chi connectivity index (χ1n) is 9.92. The molecule has 2 amide bonds. The minimum Gasteiger partial charge on any atom is -0.348 e. The fraction of sp³-hybridized carbons (Fsp3) is 0.273. The van der Waals surface area contributed by atoms with Gasteiger partial charge in [0, 0.05) is 37.3 Å². The zero-order valence-corrected chi connectivity index (χ0v) is 16.6. The number of fused-ring (bicyclic) bond motifs is 1. The Bertz CT molecular complexity index is 1240. The van der Waals surface area contributed by atoms with Crippen LogP contribution >= 0.6 is 0 Å². The number of benzene rings is 2. The number of carbonyl (C=O) groups is 2. The summed E-state index contributed by atoms with van der Waals surface area (Å²) in [5.74, 6) is -0.148. The second-order valence-corrected chi connectivity index (χ2v) is 7.23. The van der Waals surface area contributed by atoms with E-state index in [2.05, 4.69) is 10.3 Å². The van der Waals surface area contributed by atoms with Gasteiger partial charge in [-0.15, -0.1) is 0 Å². The van der Waals surface area contributed by atoms with Crippen LogP contribution in [0.25, 0.3) is 11.0 Å². The van der Waals surface area contributed by atoms with Crippen molar-refractivity contribution in [3.63, 3.8) is 0 Å². The number of nitrogens with one attached hydrogen (secondary N) is 2. The second-order valence-electron chi connectivity index (χ2n) is 7.23. The number of aryl methyl sites for hydroxylation is 1. The van der Waals surface area contributed by atoms with Crippen molar-refractivity contribution in [1.29, 1.82) is 0 Å². The summed E-state index contributed by atoms with van der Waals surface area (Å²) in [5, 5.41) is 2.85. The first-order valence-corrected chi connectivity index (χ1v) is 9.92. The maximum Gasteiger partial charge on any atom is 0.316 e. The van der Waals surface area contributed by atoms with Gasteiger partial charge in [-0.3, -0.25) is 19.2 Å². The lowest BCUT2D eigenvalue weighted by atomic mass is 10.1. The number of hydrogen-bond acceptors (Lipinski definition) is 4. The molecule has 0 bridgehead atoms. The second kappa shape index (κ2) is 7.98. The van der Waals surface area contributed by atoms with Gasteiger partial charge in [0.25, 0.3) is 5.91 Å². The Balaban J connectivity index is 1.48. The van der Waals surface area contributed by atoms with Crippen LogP contribution in [0.3, 0.4) is 0 Å². The molecule has 154 valence electrons. The van der Waals surface area contributed by atoms with Crippen LogP contribution in [-0.4, -0.2) is 27.9 Å². The van der Waals surface area contributed by atoms with E-state index in [0.717, 1.165) is 24.2 Å². The predicted octanol–water partition coefficient (Wildman–Crippen LogP) is 1.77. The van der Waals surface area contributed by atoms with Crippen LogP contribution in [0.2, 0.25) is 0 Å². The molecule has 0 atom stereocenters. The Kier molecular flexibility index (Phi) is 5.22. The number of rotatable bonds is 5. The number of aromatic amines is 1. The molecule has 8 heteroatoms. The molecule has 0 saturated carbocycles. The van der Waals surface area contributed by atoms with Crippen molar-refractivity contribution >= 4 is 28.5 Å². The van der Waals surface area contributed by atoms with Gasteiger partial charge in [0.05, 0.1) is 11.0 Å². The average molecular weight is 406 g/mol. The summed E-state index contributed by atoms with van der Waals surface area (Å²) in [6.45, 7) is 3.22. The molecule has 2 N–H and O–H groups in total. The number of amides is 2. The molecule has 1 saturated heterocycles. The van der Waals surface area contributed by atoms with Crippen molar-refractivity contribution < 1.29 is 9.59 Å². The minimum atomic E-state index is -0.710. The van der Waals surface area contributed by atoms with Gasteiger partial charge in [-0.1, -0.05) is 12.1 Å². The Labute approximate surface area is 172 Å². The van der Waals surface area contributed by atoms with E-state index in [1.807, 2.05) is 24.3 Å². The highest BCUT2D eigenvalue weighted by atomic mass is 16.2. The van der Waals surface area contributed by atoms with Gasteiger partial charge >= 0.3 is 11.1 Å². The minimum absolute atomic E-state index is 0.138. The summed E-state index contributed by atoms with van der Waals surface area (Å²) in [6.07, 6.45) is 1.46. The quantitative estimate of drug-likeness (QED) is 0.630. The standard InChI is InChI=1S/C22H22N4O4/c1-2-25-18-10-7-15(12-17(18)24-21(29)22(25)30)20(28)23-13-14-5-8-16(9-6-14)26-11-3-4-19(26)27/h5-10,12H,2-4,11,13H2,1H3,(H,23,28)(H,24,29). The number of carbonyl (C=O) groups excluding carboxylic acids is 2. The molecule has 0 unspecified atom stereocenters. The lowest BCUT2D eigenvalue weighted by molar-refractivity contribution is -0.117. The molecule has 1 fully saturated rings. The molecule has 1 aromatic heterocycles. The zero-order valence-electron chi connectivity index (χ0n) is 16.6. The molecular formula is C22H22N4O4. The summed E-state index contributed by atoms with van der Waals surface area (Å²) < 4.78 is 1.38. The molecular weight excluding hydrogens is 384 g/mol. The van der Waals surface area contributed by atoms with Crippen LogP contribution < -0.4 is 21.3 Å². The van der Waals surface area contributed by atoms with E-state index < -0.39 is 11.1 Å². The Morgan fingerprint density at radius 1 is 1.10 bits per heavy atom.